The Balaban J connectivity index is 2.24. The molecule has 1 aliphatic rings. The van der Waals surface area contributed by atoms with Crippen molar-refractivity contribution in [2.75, 3.05) is 11.5 Å². The van der Waals surface area contributed by atoms with E-state index in [4.69, 9.17) is 4.52 Å². The van der Waals surface area contributed by atoms with Gasteiger partial charge in [0.05, 0.1) is 5.75 Å². The first-order valence-electron chi connectivity index (χ1n) is 4.93. The average molecular weight is 226 g/mol. The van der Waals surface area contributed by atoms with Gasteiger partial charge in [-0.25, -0.2) is 0 Å². The molecule has 1 aliphatic heterocycles. The Bertz CT molecular complexity index is 381. The summed E-state index contributed by atoms with van der Waals surface area (Å²) in [6.07, 6.45) is 0. The molecule has 0 saturated carbocycles. The second-order valence-corrected chi connectivity index (χ2v) is 5.77. The quantitative estimate of drug-likeness (QED) is 0.730. The molecule has 15 heavy (non-hydrogen) atoms. The maximum atomic E-state index is 11.5. The molecular weight excluding hydrogens is 212 g/mol. The van der Waals surface area contributed by atoms with Gasteiger partial charge in [0.15, 0.2) is 11.6 Å². The summed E-state index contributed by atoms with van der Waals surface area (Å²) in [5.41, 5.74) is -0.128. The molecule has 82 valence electrons. The van der Waals surface area contributed by atoms with Crippen molar-refractivity contribution < 1.29 is 9.32 Å². The van der Waals surface area contributed by atoms with E-state index < -0.39 is 0 Å². The summed E-state index contributed by atoms with van der Waals surface area (Å²) in [6, 6.07) is 0. The van der Waals surface area contributed by atoms with Crippen molar-refractivity contribution in [3.63, 3.8) is 0 Å². The second kappa shape index (κ2) is 3.63. The van der Waals surface area contributed by atoms with Gasteiger partial charge in [0.2, 0.25) is 5.89 Å². The molecule has 2 rings (SSSR count). The first-order chi connectivity index (χ1) is 6.98. The molecule has 0 amide bonds. The molecule has 0 aromatic carbocycles. The third kappa shape index (κ3) is 2.07. The predicted octanol–water partition coefficient (Wildman–Crippen LogP) is 1.77. The van der Waals surface area contributed by atoms with Gasteiger partial charge in [0.25, 0.3) is 0 Å². The van der Waals surface area contributed by atoms with E-state index in [9.17, 15) is 4.79 Å². The Morgan fingerprint density at radius 2 is 2.20 bits per heavy atom. The van der Waals surface area contributed by atoms with Crippen molar-refractivity contribution in [1.29, 1.82) is 0 Å². The Kier molecular flexibility index (Phi) is 2.58. The molecule has 0 bridgehead atoms. The van der Waals surface area contributed by atoms with Crippen LogP contribution in [0.15, 0.2) is 4.52 Å². The van der Waals surface area contributed by atoms with Crippen LogP contribution in [-0.2, 0) is 10.2 Å². The van der Waals surface area contributed by atoms with E-state index in [0.717, 1.165) is 5.75 Å². The number of ketones is 1. The first-order valence-corrected chi connectivity index (χ1v) is 6.08. The van der Waals surface area contributed by atoms with E-state index in [1.54, 1.807) is 11.8 Å². The lowest BCUT2D eigenvalue weighted by atomic mass is 9.96. The Morgan fingerprint density at radius 1 is 1.47 bits per heavy atom. The van der Waals surface area contributed by atoms with Gasteiger partial charge in [-0.1, -0.05) is 25.9 Å². The van der Waals surface area contributed by atoms with Crippen molar-refractivity contribution in [2.45, 2.75) is 32.1 Å². The molecule has 1 unspecified atom stereocenters. The number of carbonyl (C=O) groups is 1. The van der Waals surface area contributed by atoms with Crippen LogP contribution in [0.3, 0.4) is 0 Å². The monoisotopic (exact) mass is 226 g/mol. The molecule has 0 radical (unpaired) electrons. The fraction of sp³-hybridized carbons (Fsp3) is 0.700. The number of hydrogen-bond acceptors (Lipinski definition) is 5. The highest BCUT2D eigenvalue weighted by Gasteiger charge is 2.32. The van der Waals surface area contributed by atoms with Gasteiger partial charge in [-0.3, -0.25) is 4.79 Å². The third-order valence-electron chi connectivity index (χ3n) is 2.33. The van der Waals surface area contributed by atoms with Crippen LogP contribution in [-0.4, -0.2) is 27.4 Å². The number of aromatic nitrogens is 2. The van der Waals surface area contributed by atoms with Crippen molar-refractivity contribution >= 4 is 17.5 Å². The minimum Gasteiger partial charge on any atom is -0.339 e. The molecule has 2 heterocycles. The molecule has 4 nitrogen and oxygen atoms in total. The van der Waals surface area contributed by atoms with E-state index in [0.29, 0.717) is 17.5 Å². The average Bonchev–Trinajstić information content (AvgIpc) is 2.69. The number of carbonyl (C=O) groups excluding carboxylic acids is 1. The Morgan fingerprint density at radius 3 is 2.67 bits per heavy atom. The van der Waals surface area contributed by atoms with Gasteiger partial charge >= 0.3 is 0 Å². The number of Topliss-reactive ketones (excluding diaryl/α,β-unsaturated/α-hetero) is 1. The highest BCUT2D eigenvalue weighted by molar-refractivity contribution is 8.00. The molecule has 0 aliphatic carbocycles. The smallest absolute Gasteiger partial charge is 0.238 e. The third-order valence-corrected chi connectivity index (χ3v) is 3.39. The zero-order chi connectivity index (χ0) is 11.1. The van der Waals surface area contributed by atoms with Crippen molar-refractivity contribution in [2.24, 2.45) is 0 Å². The SMILES string of the molecule is CC(C)(C)c1noc(C2CSCC2=O)n1. The first kappa shape index (κ1) is 10.7. The highest BCUT2D eigenvalue weighted by atomic mass is 32.2. The molecule has 5 heteroatoms. The van der Waals surface area contributed by atoms with Crippen LogP contribution >= 0.6 is 11.8 Å². The van der Waals surface area contributed by atoms with Crippen LogP contribution < -0.4 is 0 Å². The summed E-state index contributed by atoms with van der Waals surface area (Å²) < 4.78 is 5.15. The highest BCUT2D eigenvalue weighted by Crippen LogP contribution is 2.29. The predicted molar refractivity (Wildman–Crippen MR) is 58.1 cm³/mol. The van der Waals surface area contributed by atoms with Gasteiger partial charge in [-0.05, 0) is 0 Å². The number of hydrogen-bond donors (Lipinski definition) is 0. The van der Waals surface area contributed by atoms with E-state index in [1.807, 2.05) is 20.8 Å². The molecule has 0 spiro atoms. The van der Waals surface area contributed by atoms with Gasteiger partial charge in [0, 0.05) is 11.2 Å². The molecule has 1 aromatic heterocycles. The minimum absolute atomic E-state index is 0.128. The summed E-state index contributed by atoms with van der Waals surface area (Å²) in [4.78, 5) is 15.8. The van der Waals surface area contributed by atoms with Crippen LogP contribution in [0.2, 0.25) is 0 Å². The largest absolute Gasteiger partial charge is 0.339 e. The lowest BCUT2D eigenvalue weighted by Gasteiger charge is -2.11. The summed E-state index contributed by atoms with van der Waals surface area (Å²) in [5.74, 6) is 2.50. The molecule has 1 atom stereocenters. The van der Waals surface area contributed by atoms with E-state index in [2.05, 4.69) is 10.1 Å². The second-order valence-electron chi connectivity index (χ2n) is 4.74. The van der Waals surface area contributed by atoms with Gasteiger partial charge in [-0.2, -0.15) is 16.7 Å². The standard InChI is InChI=1S/C10H14N2O2S/c1-10(2,3)9-11-8(14-12-9)6-4-15-5-7(6)13/h6H,4-5H2,1-3H3. The zero-order valence-corrected chi connectivity index (χ0v) is 9.93. The lowest BCUT2D eigenvalue weighted by Crippen LogP contribution is -2.14. The van der Waals surface area contributed by atoms with Gasteiger partial charge in [0.1, 0.15) is 5.92 Å². The molecule has 1 fully saturated rings. The van der Waals surface area contributed by atoms with E-state index in [1.165, 1.54) is 0 Å². The van der Waals surface area contributed by atoms with E-state index >= 15 is 0 Å². The summed E-state index contributed by atoms with van der Waals surface area (Å²) in [7, 11) is 0. The van der Waals surface area contributed by atoms with Gasteiger partial charge < -0.3 is 4.52 Å². The number of nitrogens with zero attached hydrogens (tertiary/aromatic N) is 2. The van der Waals surface area contributed by atoms with Crippen molar-refractivity contribution in [1.82, 2.24) is 10.1 Å². The number of thioether (sulfide) groups is 1. The van der Waals surface area contributed by atoms with Crippen LogP contribution in [0.5, 0.6) is 0 Å². The summed E-state index contributed by atoms with van der Waals surface area (Å²) >= 11 is 1.62. The zero-order valence-electron chi connectivity index (χ0n) is 9.11. The lowest BCUT2D eigenvalue weighted by molar-refractivity contribution is -0.117. The van der Waals surface area contributed by atoms with E-state index in [-0.39, 0.29) is 17.1 Å². The summed E-state index contributed by atoms with van der Waals surface area (Å²) in [5, 5.41) is 3.92. The van der Waals surface area contributed by atoms with Crippen molar-refractivity contribution in [3.8, 4) is 0 Å². The minimum atomic E-state index is -0.182. The van der Waals surface area contributed by atoms with Crippen LogP contribution in [0.1, 0.15) is 38.4 Å². The fourth-order valence-electron chi connectivity index (χ4n) is 1.36. The Labute approximate surface area is 92.8 Å². The maximum absolute atomic E-state index is 11.5. The molecule has 1 aromatic rings. The molecular formula is C10H14N2O2S. The normalized spacial score (nSPS) is 22.3. The van der Waals surface area contributed by atoms with Crippen molar-refractivity contribution in [3.05, 3.63) is 11.7 Å². The summed E-state index contributed by atoms with van der Waals surface area (Å²) in [6.45, 7) is 6.06. The Hall–Kier alpha value is -0.840. The topological polar surface area (TPSA) is 56.0 Å². The van der Waals surface area contributed by atoms with Crippen LogP contribution in [0, 0.1) is 0 Å². The maximum Gasteiger partial charge on any atom is 0.238 e. The van der Waals surface area contributed by atoms with Crippen LogP contribution in [0.25, 0.3) is 0 Å². The van der Waals surface area contributed by atoms with Gasteiger partial charge in [-0.15, -0.1) is 0 Å². The van der Waals surface area contributed by atoms with Crippen LogP contribution in [0.4, 0.5) is 0 Å². The molecule has 1 saturated heterocycles. The molecule has 0 N–H and O–H groups in total. The number of rotatable bonds is 1. The fourth-order valence-corrected chi connectivity index (χ4v) is 2.45.